The zero-order valence-electron chi connectivity index (χ0n) is 11.3. The molecule has 3 nitrogen and oxygen atoms in total. The Kier molecular flexibility index (Phi) is 3.83. The zero-order valence-corrected chi connectivity index (χ0v) is 12.1. The van der Waals surface area contributed by atoms with Crippen LogP contribution in [0.1, 0.15) is 18.9 Å². The highest BCUT2D eigenvalue weighted by molar-refractivity contribution is 7.13. The van der Waals surface area contributed by atoms with Crippen LogP contribution in [-0.4, -0.2) is 15.0 Å². The van der Waals surface area contributed by atoms with E-state index >= 15 is 0 Å². The molecule has 0 aliphatic rings. The van der Waals surface area contributed by atoms with E-state index in [4.69, 9.17) is 4.98 Å². The summed E-state index contributed by atoms with van der Waals surface area (Å²) in [7, 11) is 0. The Morgan fingerprint density at radius 3 is 2.65 bits per heavy atom. The molecule has 100 valence electrons. The Hall–Kier alpha value is -2.07. The van der Waals surface area contributed by atoms with Gasteiger partial charge in [0.15, 0.2) is 0 Å². The topological polar surface area (TPSA) is 38.7 Å². The molecule has 0 aliphatic carbocycles. The van der Waals surface area contributed by atoms with Crippen LogP contribution in [0.15, 0.2) is 48.4 Å². The fraction of sp³-hybridized carbons (Fsp3) is 0.188. The molecular formula is C16H15N3S. The molecule has 0 fully saturated rings. The lowest BCUT2D eigenvalue weighted by Gasteiger charge is -2.04. The third-order valence-corrected chi connectivity index (χ3v) is 4.02. The molecule has 4 heteroatoms. The maximum atomic E-state index is 4.74. The Morgan fingerprint density at radius 2 is 1.85 bits per heavy atom. The lowest BCUT2D eigenvalue weighted by Crippen LogP contribution is -1.90. The molecule has 0 N–H and O–H groups in total. The number of rotatable bonds is 4. The van der Waals surface area contributed by atoms with Crippen LogP contribution in [0, 0.1) is 0 Å². The summed E-state index contributed by atoms with van der Waals surface area (Å²) in [4.78, 5) is 13.0. The lowest BCUT2D eigenvalue weighted by atomic mass is 10.1. The van der Waals surface area contributed by atoms with Crippen molar-refractivity contribution < 1.29 is 0 Å². The van der Waals surface area contributed by atoms with Crippen LogP contribution in [0.25, 0.3) is 21.8 Å². The second-order valence-corrected chi connectivity index (χ2v) is 5.41. The number of thiazole rings is 1. The Bertz CT molecular complexity index is 692. The second kappa shape index (κ2) is 5.92. The van der Waals surface area contributed by atoms with Crippen LogP contribution in [-0.2, 0) is 6.42 Å². The van der Waals surface area contributed by atoms with Crippen molar-refractivity contribution in [2.24, 2.45) is 0 Å². The third kappa shape index (κ3) is 2.60. The molecule has 0 amide bonds. The smallest absolute Gasteiger partial charge is 0.125 e. The number of nitrogens with zero attached hydrogens (tertiary/aromatic N) is 3. The number of pyridine rings is 2. The van der Waals surface area contributed by atoms with Crippen molar-refractivity contribution in [2.75, 3.05) is 0 Å². The predicted molar refractivity (Wildman–Crippen MR) is 82.6 cm³/mol. The van der Waals surface area contributed by atoms with Crippen molar-refractivity contribution in [1.82, 2.24) is 15.0 Å². The van der Waals surface area contributed by atoms with Gasteiger partial charge in [0.05, 0.1) is 5.69 Å². The van der Waals surface area contributed by atoms with Crippen LogP contribution in [0.5, 0.6) is 0 Å². The quantitative estimate of drug-likeness (QED) is 0.718. The number of aromatic nitrogens is 3. The third-order valence-electron chi connectivity index (χ3n) is 3.14. The van der Waals surface area contributed by atoms with E-state index < -0.39 is 0 Å². The molecule has 0 saturated heterocycles. The average molecular weight is 281 g/mol. The summed E-state index contributed by atoms with van der Waals surface area (Å²) >= 11 is 1.67. The van der Waals surface area contributed by atoms with Crippen LogP contribution < -0.4 is 0 Å². The fourth-order valence-electron chi connectivity index (χ4n) is 2.16. The molecule has 0 bridgehead atoms. The van der Waals surface area contributed by atoms with Crippen molar-refractivity contribution >= 4 is 11.3 Å². The minimum absolute atomic E-state index is 0.999. The van der Waals surface area contributed by atoms with Crippen molar-refractivity contribution in [2.45, 2.75) is 19.8 Å². The number of aryl methyl sites for hydroxylation is 1. The Balaban J connectivity index is 1.98. The largest absolute Gasteiger partial charge is 0.265 e. The zero-order chi connectivity index (χ0) is 13.8. The minimum atomic E-state index is 0.999. The molecular weight excluding hydrogens is 266 g/mol. The van der Waals surface area contributed by atoms with Gasteiger partial charge in [0.2, 0.25) is 0 Å². The van der Waals surface area contributed by atoms with Gasteiger partial charge in [0.1, 0.15) is 5.01 Å². The molecule has 0 saturated carbocycles. The summed E-state index contributed by atoms with van der Waals surface area (Å²) < 4.78 is 0. The van der Waals surface area contributed by atoms with E-state index in [2.05, 4.69) is 28.3 Å². The number of hydrogen-bond donors (Lipinski definition) is 0. The van der Waals surface area contributed by atoms with Crippen molar-refractivity contribution in [3.63, 3.8) is 0 Å². The highest BCUT2D eigenvalue weighted by atomic mass is 32.1. The van der Waals surface area contributed by atoms with Gasteiger partial charge in [-0.05, 0) is 30.2 Å². The van der Waals surface area contributed by atoms with Gasteiger partial charge in [-0.1, -0.05) is 13.3 Å². The molecule has 0 unspecified atom stereocenters. The van der Waals surface area contributed by atoms with Gasteiger partial charge in [0.25, 0.3) is 0 Å². The lowest BCUT2D eigenvalue weighted by molar-refractivity contribution is 0.920. The number of hydrogen-bond acceptors (Lipinski definition) is 4. The molecule has 3 aromatic heterocycles. The molecule has 0 spiro atoms. The van der Waals surface area contributed by atoms with E-state index in [9.17, 15) is 0 Å². The first-order valence-corrected chi connectivity index (χ1v) is 7.55. The van der Waals surface area contributed by atoms with E-state index in [1.807, 2.05) is 24.5 Å². The van der Waals surface area contributed by atoms with E-state index in [1.54, 1.807) is 23.7 Å². The average Bonchev–Trinajstić information content (AvgIpc) is 2.99. The molecule has 0 radical (unpaired) electrons. The molecule has 0 atom stereocenters. The first kappa shape index (κ1) is 12.9. The van der Waals surface area contributed by atoms with Crippen molar-refractivity contribution in [3.05, 3.63) is 53.9 Å². The summed E-state index contributed by atoms with van der Waals surface area (Å²) in [6, 6.07) is 6.05. The molecule has 3 aromatic rings. The molecule has 0 aliphatic heterocycles. The fourth-order valence-corrected chi connectivity index (χ4v) is 3.03. The molecule has 0 aromatic carbocycles. The standard InChI is InChI=1S/C16H15N3S/c1-2-3-12-4-9-18-10-14(12)16-19-15(11-20-16)13-5-7-17-8-6-13/h4-11H,2-3H2,1H3. The van der Waals surface area contributed by atoms with Gasteiger partial charge in [-0.15, -0.1) is 11.3 Å². The highest BCUT2D eigenvalue weighted by Gasteiger charge is 2.10. The first-order valence-electron chi connectivity index (χ1n) is 6.67. The van der Waals surface area contributed by atoms with E-state index in [1.165, 1.54) is 5.56 Å². The van der Waals surface area contributed by atoms with E-state index in [0.717, 1.165) is 34.7 Å². The summed E-state index contributed by atoms with van der Waals surface area (Å²) in [6.45, 7) is 2.19. The Labute approximate surface area is 122 Å². The second-order valence-electron chi connectivity index (χ2n) is 4.56. The SMILES string of the molecule is CCCc1ccncc1-c1nc(-c2ccncc2)cs1. The van der Waals surface area contributed by atoms with Crippen LogP contribution in [0.2, 0.25) is 0 Å². The van der Waals surface area contributed by atoms with Gasteiger partial charge in [0, 0.05) is 41.3 Å². The normalized spacial score (nSPS) is 10.7. The predicted octanol–water partition coefficient (Wildman–Crippen LogP) is 4.22. The minimum Gasteiger partial charge on any atom is -0.265 e. The van der Waals surface area contributed by atoms with Gasteiger partial charge >= 0.3 is 0 Å². The molecule has 3 heterocycles. The monoisotopic (exact) mass is 281 g/mol. The van der Waals surface area contributed by atoms with Gasteiger partial charge < -0.3 is 0 Å². The van der Waals surface area contributed by atoms with Crippen molar-refractivity contribution in [1.29, 1.82) is 0 Å². The van der Waals surface area contributed by atoms with Gasteiger partial charge in [-0.2, -0.15) is 0 Å². The summed E-state index contributed by atoms with van der Waals surface area (Å²) in [5.41, 5.74) is 4.57. The van der Waals surface area contributed by atoms with Crippen molar-refractivity contribution in [3.8, 4) is 21.8 Å². The first-order chi connectivity index (χ1) is 9.88. The highest BCUT2D eigenvalue weighted by Crippen LogP contribution is 2.30. The van der Waals surface area contributed by atoms with E-state index in [-0.39, 0.29) is 0 Å². The molecule has 20 heavy (non-hydrogen) atoms. The summed E-state index contributed by atoms with van der Waals surface area (Å²) in [6.07, 6.45) is 9.54. The van der Waals surface area contributed by atoms with Crippen LogP contribution >= 0.6 is 11.3 Å². The maximum absolute atomic E-state index is 4.74. The van der Waals surface area contributed by atoms with Crippen LogP contribution in [0.4, 0.5) is 0 Å². The summed E-state index contributed by atoms with van der Waals surface area (Å²) in [5, 5.41) is 3.13. The molecule has 3 rings (SSSR count). The van der Waals surface area contributed by atoms with Gasteiger partial charge in [-0.3, -0.25) is 9.97 Å². The maximum Gasteiger partial charge on any atom is 0.125 e. The Morgan fingerprint density at radius 1 is 1.05 bits per heavy atom. The summed E-state index contributed by atoms with van der Waals surface area (Å²) in [5.74, 6) is 0. The van der Waals surface area contributed by atoms with E-state index in [0.29, 0.717) is 0 Å². The van der Waals surface area contributed by atoms with Crippen LogP contribution in [0.3, 0.4) is 0 Å². The van der Waals surface area contributed by atoms with Gasteiger partial charge in [-0.25, -0.2) is 4.98 Å².